The number of nitrogens with one attached hydrogen (secondary N) is 2. The summed E-state index contributed by atoms with van der Waals surface area (Å²) in [6, 6.07) is 2.13. The molecule has 4 nitrogen and oxygen atoms in total. The number of carbonyl (C=O) groups is 2. The summed E-state index contributed by atoms with van der Waals surface area (Å²) in [5.74, 6) is 1.10. The molecule has 1 fully saturated rings. The minimum atomic E-state index is -0.450. The molecule has 2 N–H and O–H groups in total. The Labute approximate surface area is 149 Å². The molecule has 1 aliphatic rings. The van der Waals surface area contributed by atoms with E-state index in [0.717, 1.165) is 17.0 Å². The minimum Gasteiger partial charge on any atom is -0.348 e. The molecule has 24 heavy (non-hydrogen) atoms. The van der Waals surface area contributed by atoms with E-state index in [4.69, 9.17) is 0 Å². The van der Waals surface area contributed by atoms with Gasteiger partial charge in [-0.3, -0.25) is 9.59 Å². The van der Waals surface area contributed by atoms with Gasteiger partial charge in [-0.1, -0.05) is 47.5 Å². The SMILES string of the molecule is Cc1cc(NC(=O)C(C)(C)C)sc1C(=O)NC1CCCC(C)C1C. The maximum Gasteiger partial charge on any atom is 0.261 e. The van der Waals surface area contributed by atoms with Crippen molar-refractivity contribution < 1.29 is 9.59 Å². The van der Waals surface area contributed by atoms with Crippen molar-refractivity contribution in [2.75, 3.05) is 5.32 Å². The molecule has 1 aromatic rings. The first kappa shape index (κ1) is 19.0. The average Bonchev–Trinajstić information content (AvgIpc) is 2.83. The molecule has 1 aliphatic carbocycles. The third-order valence-electron chi connectivity index (χ3n) is 5.07. The molecule has 1 saturated carbocycles. The summed E-state index contributed by atoms with van der Waals surface area (Å²) in [4.78, 5) is 25.5. The van der Waals surface area contributed by atoms with Gasteiger partial charge in [0.2, 0.25) is 5.91 Å². The topological polar surface area (TPSA) is 58.2 Å². The van der Waals surface area contributed by atoms with Crippen molar-refractivity contribution in [1.29, 1.82) is 0 Å². The molecule has 3 unspecified atom stereocenters. The van der Waals surface area contributed by atoms with Gasteiger partial charge in [-0.25, -0.2) is 0 Å². The Morgan fingerprint density at radius 3 is 2.50 bits per heavy atom. The maximum absolute atomic E-state index is 12.7. The van der Waals surface area contributed by atoms with Crippen LogP contribution in [-0.2, 0) is 4.79 Å². The van der Waals surface area contributed by atoms with Crippen LogP contribution in [0.2, 0.25) is 0 Å². The lowest BCUT2D eigenvalue weighted by molar-refractivity contribution is -0.123. The summed E-state index contributed by atoms with van der Waals surface area (Å²) in [7, 11) is 0. The minimum absolute atomic E-state index is 0.0142. The molecule has 0 aliphatic heterocycles. The van der Waals surface area contributed by atoms with Gasteiger partial charge in [-0.15, -0.1) is 11.3 Å². The summed E-state index contributed by atoms with van der Waals surface area (Å²) in [6.07, 6.45) is 3.47. The fourth-order valence-electron chi connectivity index (χ4n) is 3.09. The summed E-state index contributed by atoms with van der Waals surface area (Å²) in [5.41, 5.74) is 0.465. The van der Waals surface area contributed by atoms with Crippen LogP contribution in [0.1, 0.15) is 69.1 Å². The molecule has 3 atom stereocenters. The molecule has 0 bridgehead atoms. The smallest absolute Gasteiger partial charge is 0.261 e. The quantitative estimate of drug-likeness (QED) is 0.837. The van der Waals surface area contributed by atoms with Crippen LogP contribution < -0.4 is 10.6 Å². The van der Waals surface area contributed by atoms with Gasteiger partial charge < -0.3 is 10.6 Å². The van der Waals surface area contributed by atoms with Gasteiger partial charge in [-0.05, 0) is 36.8 Å². The number of thiophene rings is 1. The number of hydrogen-bond donors (Lipinski definition) is 2. The van der Waals surface area contributed by atoms with Crippen LogP contribution >= 0.6 is 11.3 Å². The standard InChI is InChI=1S/C19H30N2O2S/c1-11-8-7-9-14(13(11)3)20-17(22)16-12(2)10-15(24-16)21-18(23)19(4,5)6/h10-11,13-14H,7-9H2,1-6H3,(H,20,22)(H,21,23). The molecule has 1 heterocycles. The zero-order valence-corrected chi connectivity index (χ0v) is 16.5. The van der Waals surface area contributed by atoms with Gasteiger partial charge in [0.05, 0.1) is 9.88 Å². The van der Waals surface area contributed by atoms with Crippen LogP contribution in [0.4, 0.5) is 5.00 Å². The molecule has 2 rings (SSSR count). The normalized spacial score (nSPS) is 24.5. The average molecular weight is 351 g/mol. The van der Waals surface area contributed by atoms with E-state index >= 15 is 0 Å². The van der Waals surface area contributed by atoms with E-state index in [1.165, 1.54) is 24.2 Å². The number of rotatable bonds is 3. The number of amides is 2. The largest absolute Gasteiger partial charge is 0.348 e. The highest BCUT2D eigenvalue weighted by Gasteiger charge is 2.29. The molecular formula is C19H30N2O2S. The maximum atomic E-state index is 12.7. The molecular weight excluding hydrogens is 320 g/mol. The van der Waals surface area contributed by atoms with Gasteiger partial charge in [0, 0.05) is 11.5 Å². The lowest BCUT2D eigenvalue weighted by Gasteiger charge is -2.34. The Balaban J connectivity index is 2.06. The van der Waals surface area contributed by atoms with Gasteiger partial charge in [0.15, 0.2) is 0 Å². The predicted octanol–water partition coefficient (Wildman–Crippen LogP) is 4.60. The van der Waals surface area contributed by atoms with Gasteiger partial charge in [0.25, 0.3) is 5.91 Å². The zero-order valence-electron chi connectivity index (χ0n) is 15.7. The van der Waals surface area contributed by atoms with E-state index in [0.29, 0.717) is 16.7 Å². The van der Waals surface area contributed by atoms with Crippen molar-refractivity contribution in [3.05, 3.63) is 16.5 Å². The summed E-state index contributed by atoms with van der Waals surface area (Å²) < 4.78 is 0. The van der Waals surface area contributed by atoms with E-state index in [-0.39, 0.29) is 17.9 Å². The number of anilines is 1. The van der Waals surface area contributed by atoms with Crippen LogP contribution in [0, 0.1) is 24.2 Å². The molecule has 0 spiro atoms. The number of hydrogen-bond acceptors (Lipinski definition) is 3. The second kappa shape index (κ2) is 7.26. The van der Waals surface area contributed by atoms with Crippen molar-refractivity contribution in [3.8, 4) is 0 Å². The number of aryl methyl sites for hydroxylation is 1. The molecule has 0 radical (unpaired) electrons. The van der Waals surface area contributed by atoms with E-state index in [1.54, 1.807) is 0 Å². The Bertz CT molecular complexity index is 615. The van der Waals surface area contributed by atoms with Crippen molar-refractivity contribution in [1.82, 2.24) is 5.32 Å². The first-order valence-corrected chi connectivity index (χ1v) is 9.64. The van der Waals surface area contributed by atoms with E-state index < -0.39 is 5.41 Å². The molecule has 0 aromatic carbocycles. The van der Waals surface area contributed by atoms with Crippen molar-refractivity contribution in [3.63, 3.8) is 0 Å². The lowest BCUT2D eigenvalue weighted by atomic mass is 9.78. The van der Waals surface area contributed by atoms with Gasteiger partial charge in [-0.2, -0.15) is 0 Å². The highest BCUT2D eigenvalue weighted by Crippen LogP contribution is 2.31. The monoisotopic (exact) mass is 350 g/mol. The second-order valence-electron chi connectivity index (χ2n) is 8.17. The van der Waals surface area contributed by atoms with E-state index in [9.17, 15) is 9.59 Å². The molecule has 2 amide bonds. The van der Waals surface area contributed by atoms with Gasteiger partial charge >= 0.3 is 0 Å². The predicted molar refractivity (Wildman–Crippen MR) is 101 cm³/mol. The third kappa shape index (κ3) is 4.38. The van der Waals surface area contributed by atoms with Crippen LogP contribution in [0.15, 0.2) is 6.07 Å². The third-order valence-corrected chi connectivity index (χ3v) is 6.22. The fourth-order valence-corrected chi connectivity index (χ4v) is 4.06. The molecule has 5 heteroatoms. The molecule has 0 saturated heterocycles. The first-order chi connectivity index (χ1) is 11.1. The fraction of sp³-hybridized carbons (Fsp3) is 0.684. The van der Waals surface area contributed by atoms with E-state index in [2.05, 4.69) is 24.5 Å². The molecule has 134 valence electrons. The lowest BCUT2D eigenvalue weighted by Crippen LogP contribution is -2.43. The van der Waals surface area contributed by atoms with Crippen LogP contribution in [-0.4, -0.2) is 17.9 Å². The Morgan fingerprint density at radius 1 is 1.21 bits per heavy atom. The Morgan fingerprint density at radius 2 is 1.88 bits per heavy atom. The summed E-state index contributed by atoms with van der Waals surface area (Å²) >= 11 is 1.36. The molecule has 1 aromatic heterocycles. The second-order valence-corrected chi connectivity index (χ2v) is 9.23. The van der Waals surface area contributed by atoms with Crippen molar-refractivity contribution in [2.24, 2.45) is 17.3 Å². The van der Waals surface area contributed by atoms with Crippen molar-refractivity contribution in [2.45, 2.75) is 66.8 Å². The summed E-state index contributed by atoms with van der Waals surface area (Å²) in [5, 5.41) is 6.87. The van der Waals surface area contributed by atoms with Crippen LogP contribution in [0.25, 0.3) is 0 Å². The van der Waals surface area contributed by atoms with E-state index in [1.807, 2.05) is 33.8 Å². The highest BCUT2D eigenvalue weighted by molar-refractivity contribution is 7.18. The summed E-state index contributed by atoms with van der Waals surface area (Å²) in [6.45, 7) is 12.0. The van der Waals surface area contributed by atoms with Crippen LogP contribution in [0.5, 0.6) is 0 Å². The van der Waals surface area contributed by atoms with Gasteiger partial charge in [0.1, 0.15) is 0 Å². The number of carbonyl (C=O) groups excluding carboxylic acids is 2. The zero-order chi connectivity index (χ0) is 18.1. The first-order valence-electron chi connectivity index (χ1n) is 8.82. The Kier molecular flexibility index (Phi) is 5.74. The van der Waals surface area contributed by atoms with Crippen molar-refractivity contribution >= 4 is 28.2 Å². The Hall–Kier alpha value is -1.36. The van der Waals surface area contributed by atoms with Crippen LogP contribution in [0.3, 0.4) is 0 Å². The highest BCUT2D eigenvalue weighted by atomic mass is 32.1.